The van der Waals surface area contributed by atoms with E-state index in [-0.39, 0.29) is 11.9 Å². The molecule has 0 unspecified atom stereocenters. The predicted molar refractivity (Wildman–Crippen MR) is 108 cm³/mol. The van der Waals surface area contributed by atoms with Crippen LogP contribution in [0.25, 0.3) is 0 Å². The van der Waals surface area contributed by atoms with Gasteiger partial charge in [0, 0.05) is 0 Å². The van der Waals surface area contributed by atoms with Crippen molar-refractivity contribution in [1.29, 1.82) is 0 Å². The maximum atomic E-state index is 12.6. The van der Waals surface area contributed by atoms with Crippen LogP contribution in [-0.2, 0) is 4.74 Å². The number of thiophene rings is 1. The van der Waals surface area contributed by atoms with Gasteiger partial charge in [-0.15, -0.1) is 11.3 Å². The normalized spacial score (nSPS) is 14.8. The van der Waals surface area contributed by atoms with Gasteiger partial charge in [0.2, 0.25) is 0 Å². The van der Waals surface area contributed by atoms with Gasteiger partial charge in [0.1, 0.15) is 0 Å². The molecule has 144 valence electrons. The molecule has 3 rings (SSSR count). The van der Waals surface area contributed by atoms with Gasteiger partial charge >= 0.3 is 5.97 Å². The Morgan fingerprint density at radius 2 is 2.00 bits per heavy atom. The highest BCUT2D eigenvalue weighted by Gasteiger charge is 2.23. The number of piperazine rings is 1. The Balaban J connectivity index is 1.87. The molecule has 2 aromatic rings. The van der Waals surface area contributed by atoms with Crippen molar-refractivity contribution in [3.8, 4) is 0 Å². The van der Waals surface area contributed by atoms with Crippen LogP contribution in [0.2, 0.25) is 0 Å². The van der Waals surface area contributed by atoms with Crippen molar-refractivity contribution in [2.24, 2.45) is 0 Å². The maximum absolute atomic E-state index is 12.6. The number of likely N-dealkylation sites (N-methyl/N-ethyl adjacent to an activating group) is 1. The van der Waals surface area contributed by atoms with E-state index in [1.807, 2.05) is 17.5 Å². The first kappa shape index (κ1) is 19.4. The zero-order valence-electron chi connectivity index (χ0n) is 15.8. The van der Waals surface area contributed by atoms with Gasteiger partial charge in [0.15, 0.2) is 0 Å². The van der Waals surface area contributed by atoms with Gasteiger partial charge in [-0.25, -0.2) is 4.79 Å². The van der Waals surface area contributed by atoms with Crippen molar-refractivity contribution >= 4 is 34.6 Å². The number of ether oxygens (including phenoxy) is 1. The number of benzene rings is 1. The lowest BCUT2D eigenvalue weighted by Crippen LogP contribution is -3.14. The van der Waals surface area contributed by atoms with E-state index in [1.165, 1.54) is 11.3 Å². The van der Waals surface area contributed by atoms with Crippen molar-refractivity contribution in [3.63, 3.8) is 0 Å². The van der Waals surface area contributed by atoms with Gasteiger partial charge in [-0.05, 0) is 43.5 Å². The highest BCUT2D eigenvalue weighted by Crippen LogP contribution is 2.29. The lowest BCUT2D eigenvalue weighted by atomic mass is 10.1. The van der Waals surface area contributed by atoms with E-state index in [0.717, 1.165) is 38.4 Å². The maximum Gasteiger partial charge on any atom is 0.338 e. The monoisotopic (exact) mass is 388 g/mol. The van der Waals surface area contributed by atoms with E-state index in [9.17, 15) is 9.59 Å². The first-order valence-electron chi connectivity index (χ1n) is 9.37. The van der Waals surface area contributed by atoms with Crippen LogP contribution in [0.5, 0.6) is 0 Å². The van der Waals surface area contributed by atoms with Crippen LogP contribution in [0, 0.1) is 0 Å². The number of carbonyl (C=O) groups is 2. The van der Waals surface area contributed by atoms with Crippen molar-refractivity contribution < 1.29 is 19.2 Å². The van der Waals surface area contributed by atoms with E-state index in [1.54, 1.807) is 30.0 Å². The molecule has 0 atom stereocenters. The van der Waals surface area contributed by atoms with Gasteiger partial charge < -0.3 is 19.9 Å². The molecule has 0 bridgehead atoms. The lowest BCUT2D eigenvalue weighted by molar-refractivity contribution is -0.898. The summed E-state index contributed by atoms with van der Waals surface area (Å²) < 4.78 is 5.11. The molecule has 0 spiro atoms. The van der Waals surface area contributed by atoms with E-state index >= 15 is 0 Å². The Bertz CT molecular complexity index is 784. The van der Waals surface area contributed by atoms with Gasteiger partial charge in [-0.3, -0.25) is 4.79 Å². The first-order chi connectivity index (χ1) is 13.1. The summed E-state index contributed by atoms with van der Waals surface area (Å²) in [5, 5.41) is 4.86. The number of hydrogen-bond donors (Lipinski definition) is 2. The Morgan fingerprint density at radius 1 is 1.22 bits per heavy atom. The number of amides is 1. The third-order valence-corrected chi connectivity index (χ3v) is 5.68. The Kier molecular flexibility index (Phi) is 6.47. The Morgan fingerprint density at radius 3 is 2.63 bits per heavy atom. The van der Waals surface area contributed by atoms with Crippen LogP contribution in [0.15, 0.2) is 35.7 Å². The standard InChI is InChI=1S/C20H25N3O3S/c1-3-22-9-11-23(12-10-22)17-8-7-15(20(25)26-4-2)14-16(17)21-19(24)18-6-5-13-27-18/h5-8,13-14H,3-4,9-12H2,1-2H3,(H,21,24)/p+1. The van der Waals surface area contributed by atoms with E-state index < -0.39 is 0 Å². The zero-order chi connectivity index (χ0) is 19.2. The summed E-state index contributed by atoms with van der Waals surface area (Å²) in [4.78, 5) is 29.2. The van der Waals surface area contributed by atoms with E-state index in [4.69, 9.17) is 4.74 Å². The molecule has 0 saturated carbocycles. The van der Waals surface area contributed by atoms with Crippen molar-refractivity contribution in [1.82, 2.24) is 0 Å². The molecule has 1 amide bonds. The molecule has 1 aromatic heterocycles. The third-order valence-electron chi connectivity index (χ3n) is 4.81. The number of nitrogens with one attached hydrogen (secondary N) is 2. The molecular weight excluding hydrogens is 362 g/mol. The van der Waals surface area contributed by atoms with Crippen LogP contribution in [0.4, 0.5) is 11.4 Å². The predicted octanol–water partition coefficient (Wildman–Crippen LogP) is 1.90. The Hall–Kier alpha value is -2.38. The number of hydrogen-bond acceptors (Lipinski definition) is 5. The highest BCUT2D eigenvalue weighted by atomic mass is 32.1. The molecule has 2 heterocycles. The van der Waals surface area contributed by atoms with E-state index in [2.05, 4.69) is 17.1 Å². The van der Waals surface area contributed by atoms with Crippen LogP contribution < -0.4 is 15.1 Å². The second-order valence-corrected chi connectivity index (χ2v) is 7.42. The largest absolute Gasteiger partial charge is 0.462 e. The highest BCUT2D eigenvalue weighted by molar-refractivity contribution is 7.12. The minimum atomic E-state index is -0.379. The van der Waals surface area contributed by atoms with E-state index in [0.29, 0.717) is 22.7 Å². The number of nitrogens with zero attached hydrogens (tertiary/aromatic N) is 1. The molecule has 1 fully saturated rings. The summed E-state index contributed by atoms with van der Waals surface area (Å²) in [7, 11) is 0. The average molecular weight is 389 g/mol. The number of carbonyl (C=O) groups excluding carboxylic acids is 2. The van der Waals surface area contributed by atoms with Crippen LogP contribution in [-0.4, -0.2) is 51.2 Å². The number of esters is 1. The second kappa shape index (κ2) is 9.01. The van der Waals surface area contributed by atoms with Gasteiger partial charge in [-0.2, -0.15) is 0 Å². The summed E-state index contributed by atoms with van der Waals surface area (Å²) >= 11 is 1.39. The first-order valence-corrected chi connectivity index (χ1v) is 10.2. The summed E-state index contributed by atoms with van der Waals surface area (Å²) in [5.74, 6) is -0.541. The lowest BCUT2D eigenvalue weighted by Gasteiger charge is -2.34. The fourth-order valence-electron chi connectivity index (χ4n) is 3.26. The summed E-state index contributed by atoms with van der Waals surface area (Å²) in [5.41, 5.74) is 2.04. The molecule has 0 radical (unpaired) electrons. The Labute approximate surface area is 163 Å². The SMILES string of the molecule is CCOC(=O)c1ccc(N2CC[NH+](CC)CC2)c(NC(=O)c2cccs2)c1. The van der Waals surface area contributed by atoms with Crippen molar-refractivity contribution in [2.75, 3.05) is 49.5 Å². The number of quaternary nitrogens is 1. The van der Waals surface area contributed by atoms with Crippen LogP contribution in [0.3, 0.4) is 0 Å². The minimum absolute atomic E-state index is 0.162. The zero-order valence-corrected chi connectivity index (χ0v) is 16.6. The topological polar surface area (TPSA) is 63.1 Å². The fourth-order valence-corrected chi connectivity index (χ4v) is 3.88. The molecule has 0 aliphatic carbocycles. The summed E-state index contributed by atoms with van der Waals surface area (Å²) in [6.07, 6.45) is 0. The third kappa shape index (κ3) is 4.67. The second-order valence-electron chi connectivity index (χ2n) is 6.47. The van der Waals surface area contributed by atoms with Crippen molar-refractivity contribution in [3.05, 3.63) is 46.2 Å². The van der Waals surface area contributed by atoms with Gasteiger partial charge in [-0.1, -0.05) is 6.07 Å². The molecule has 7 heteroatoms. The molecule has 2 N–H and O–H groups in total. The molecule has 1 aliphatic heterocycles. The molecule has 27 heavy (non-hydrogen) atoms. The number of anilines is 2. The minimum Gasteiger partial charge on any atom is -0.462 e. The average Bonchev–Trinajstić information content (AvgIpc) is 3.23. The summed E-state index contributed by atoms with van der Waals surface area (Å²) in [6.45, 7) is 9.39. The molecule has 1 aliphatic rings. The molecule has 1 aromatic carbocycles. The fraction of sp³-hybridized carbons (Fsp3) is 0.400. The van der Waals surface area contributed by atoms with Crippen LogP contribution >= 0.6 is 11.3 Å². The van der Waals surface area contributed by atoms with Crippen molar-refractivity contribution in [2.45, 2.75) is 13.8 Å². The summed E-state index contributed by atoms with van der Waals surface area (Å²) in [6, 6.07) is 9.04. The van der Waals surface area contributed by atoms with Gasteiger partial charge in [0.05, 0.1) is 61.1 Å². The quantitative estimate of drug-likeness (QED) is 0.742. The molecule has 1 saturated heterocycles. The van der Waals surface area contributed by atoms with Gasteiger partial charge in [0.25, 0.3) is 5.91 Å². The molecule has 6 nitrogen and oxygen atoms in total. The molecular formula is C20H26N3O3S+. The van der Waals surface area contributed by atoms with Crippen LogP contribution in [0.1, 0.15) is 33.9 Å². The smallest absolute Gasteiger partial charge is 0.338 e. The number of rotatable bonds is 6.